The monoisotopic (exact) mass is 270 g/mol. The molecule has 2 atom stereocenters. The van der Waals surface area contributed by atoms with E-state index in [1.54, 1.807) is 0 Å². The van der Waals surface area contributed by atoms with Gasteiger partial charge in [0.1, 0.15) is 5.82 Å². The van der Waals surface area contributed by atoms with Gasteiger partial charge in [-0.25, -0.2) is 4.39 Å². The summed E-state index contributed by atoms with van der Waals surface area (Å²) in [5.74, 6) is -0.742. The highest BCUT2D eigenvalue weighted by atomic mass is 35.5. The topological polar surface area (TPSA) is 55.1 Å². The van der Waals surface area contributed by atoms with Crippen LogP contribution in [0.5, 0.6) is 0 Å². The van der Waals surface area contributed by atoms with Crippen LogP contribution in [0.15, 0.2) is 18.2 Å². The molecule has 0 aliphatic heterocycles. The van der Waals surface area contributed by atoms with Gasteiger partial charge in [-0.1, -0.05) is 24.4 Å². The number of carbonyl (C=O) groups excluding carboxylic acids is 1. The maximum absolute atomic E-state index is 12.9. The van der Waals surface area contributed by atoms with E-state index >= 15 is 0 Å². The van der Waals surface area contributed by atoms with Crippen molar-refractivity contribution in [2.75, 3.05) is 0 Å². The maximum atomic E-state index is 12.9. The SMILES string of the molecule is NC1CCCCC1NC(=O)c1ccc(F)cc1Cl. The molecule has 0 heterocycles. The van der Waals surface area contributed by atoms with Crippen LogP contribution >= 0.6 is 11.6 Å². The third-order valence-corrected chi connectivity index (χ3v) is 3.62. The predicted octanol–water partition coefficient (Wildman–Crippen LogP) is 2.48. The van der Waals surface area contributed by atoms with Gasteiger partial charge in [0.25, 0.3) is 5.91 Å². The quantitative estimate of drug-likeness (QED) is 0.867. The molecule has 1 fully saturated rings. The molecular formula is C13H16ClFN2O. The molecule has 0 bridgehead atoms. The third kappa shape index (κ3) is 3.00. The molecule has 1 aromatic rings. The van der Waals surface area contributed by atoms with Gasteiger partial charge in [0.2, 0.25) is 0 Å². The standard InChI is InChI=1S/C13H16ClFN2O/c14-10-7-8(15)5-6-9(10)13(18)17-12-4-2-1-3-11(12)16/h5-7,11-12H,1-4,16H2,(H,17,18). The van der Waals surface area contributed by atoms with Gasteiger partial charge in [0.05, 0.1) is 10.6 Å². The van der Waals surface area contributed by atoms with Crippen molar-refractivity contribution in [3.05, 3.63) is 34.6 Å². The molecule has 2 rings (SSSR count). The molecule has 3 nitrogen and oxygen atoms in total. The molecule has 98 valence electrons. The van der Waals surface area contributed by atoms with E-state index in [2.05, 4.69) is 5.32 Å². The second-order valence-electron chi connectivity index (χ2n) is 4.65. The predicted molar refractivity (Wildman–Crippen MR) is 69.1 cm³/mol. The van der Waals surface area contributed by atoms with Crippen LogP contribution in [-0.2, 0) is 0 Å². The molecule has 1 aliphatic rings. The summed E-state index contributed by atoms with van der Waals surface area (Å²) in [6.07, 6.45) is 3.97. The fraction of sp³-hybridized carbons (Fsp3) is 0.462. The number of nitrogens with one attached hydrogen (secondary N) is 1. The van der Waals surface area contributed by atoms with E-state index < -0.39 is 5.82 Å². The van der Waals surface area contributed by atoms with Crippen molar-refractivity contribution >= 4 is 17.5 Å². The summed E-state index contributed by atoms with van der Waals surface area (Å²) in [6.45, 7) is 0. The minimum Gasteiger partial charge on any atom is -0.348 e. The first kappa shape index (κ1) is 13.3. The summed E-state index contributed by atoms with van der Waals surface area (Å²) in [5.41, 5.74) is 6.25. The summed E-state index contributed by atoms with van der Waals surface area (Å²) in [7, 11) is 0. The van der Waals surface area contributed by atoms with Crippen molar-refractivity contribution in [1.82, 2.24) is 5.32 Å². The van der Waals surface area contributed by atoms with Crippen molar-refractivity contribution in [1.29, 1.82) is 0 Å². The highest BCUT2D eigenvalue weighted by Crippen LogP contribution is 2.20. The average molecular weight is 271 g/mol. The van der Waals surface area contributed by atoms with Crippen molar-refractivity contribution < 1.29 is 9.18 Å². The smallest absolute Gasteiger partial charge is 0.253 e. The second-order valence-corrected chi connectivity index (χ2v) is 5.06. The minimum atomic E-state index is -0.453. The molecular weight excluding hydrogens is 255 g/mol. The van der Waals surface area contributed by atoms with E-state index in [9.17, 15) is 9.18 Å². The number of benzene rings is 1. The van der Waals surface area contributed by atoms with Gasteiger partial charge < -0.3 is 11.1 Å². The zero-order chi connectivity index (χ0) is 13.1. The van der Waals surface area contributed by atoms with Gasteiger partial charge in [-0.05, 0) is 31.0 Å². The molecule has 5 heteroatoms. The first-order chi connectivity index (χ1) is 8.58. The van der Waals surface area contributed by atoms with E-state index in [-0.39, 0.29) is 28.6 Å². The molecule has 2 unspecified atom stereocenters. The summed E-state index contributed by atoms with van der Waals surface area (Å²) < 4.78 is 12.9. The van der Waals surface area contributed by atoms with Crippen molar-refractivity contribution in [3.8, 4) is 0 Å². The lowest BCUT2D eigenvalue weighted by Gasteiger charge is -2.29. The molecule has 18 heavy (non-hydrogen) atoms. The number of halogens is 2. The largest absolute Gasteiger partial charge is 0.348 e. The molecule has 1 aromatic carbocycles. The Morgan fingerprint density at radius 3 is 2.78 bits per heavy atom. The van der Waals surface area contributed by atoms with Gasteiger partial charge in [0.15, 0.2) is 0 Å². The van der Waals surface area contributed by atoms with Crippen molar-refractivity contribution in [3.63, 3.8) is 0 Å². The van der Waals surface area contributed by atoms with Crippen LogP contribution < -0.4 is 11.1 Å². The maximum Gasteiger partial charge on any atom is 0.253 e. The Hall–Kier alpha value is -1.13. The molecule has 0 aromatic heterocycles. The minimum absolute atomic E-state index is 0.0121. The van der Waals surface area contributed by atoms with Gasteiger partial charge in [-0.3, -0.25) is 4.79 Å². The Bertz CT molecular complexity index is 453. The van der Waals surface area contributed by atoms with Crippen LogP contribution in [0, 0.1) is 5.82 Å². The lowest BCUT2D eigenvalue weighted by Crippen LogP contribution is -2.49. The number of rotatable bonds is 2. The number of hydrogen-bond acceptors (Lipinski definition) is 2. The summed E-state index contributed by atoms with van der Waals surface area (Å²) >= 11 is 5.85. The van der Waals surface area contributed by atoms with Gasteiger partial charge in [-0.2, -0.15) is 0 Å². The Balaban J connectivity index is 2.07. The summed E-state index contributed by atoms with van der Waals surface area (Å²) in [6, 6.07) is 3.72. The van der Waals surface area contributed by atoms with Crippen LogP contribution in [-0.4, -0.2) is 18.0 Å². The van der Waals surface area contributed by atoms with E-state index in [0.29, 0.717) is 0 Å². The first-order valence-electron chi connectivity index (χ1n) is 6.09. The fourth-order valence-corrected chi connectivity index (χ4v) is 2.51. The lowest BCUT2D eigenvalue weighted by molar-refractivity contribution is 0.0921. The number of nitrogens with two attached hydrogens (primary N) is 1. The third-order valence-electron chi connectivity index (χ3n) is 3.31. The van der Waals surface area contributed by atoms with Gasteiger partial charge in [0, 0.05) is 12.1 Å². The van der Waals surface area contributed by atoms with Crippen LogP contribution in [0.25, 0.3) is 0 Å². The molecule has 0 radical (unpaired) electrons. The van der Waals surface area contributed by atoms with Crippen LogP contribution in [0.2, 0.25) is 5.02 Å². The highest BCUT2D eigenvalue weighted by molar-refractivity contribution is 6.33. The molecule has 0 saturated heterocycles. The normalized spacial score (nSPS) is 23.7. The molecule has 0 spiro atoms. The average Bonchev–Trinajstić information content (AvgIpc) is 2.32. The van der Waals surface area contributed by atoms with E-state index in [0.717, 1.165) is 31.7 Å². The van der Waals surface area contributed by atoms with Crippen LogP contribution in [0.1, 0.15) is 36.0 Å². The molecule has 1 saturated carbocycles. The highest BCUT2D eigenvalue weighted by Gasteiger charge is 2.24. The Kier molecular flexibility index (Phi) is 4.19. The van der Waals surface area contributed by atoms with Crippen molar-refractivity contribution in [2.24, 2.45) is 5.73 Å². The van der Waals surface area contributed by atoms with E-state index in [4.69, 9.17) is 17.3 Å². The summed E-state index contributed by atoms with van der Waals surface area (Å²) in [5, 5.41) is 3.00. The van der Waals surface area contributed by atoms with Crippen molar-refractivity contribution in [2.45, 2.75) is 37.8 Å². The summed E-state index contributed by atoms with van der Waals surface area (Å²) in [4.78, 5) is 12.0. The second kappa shape index (κ2) is 5.67. The Labute approximate surface area is 111 Å². The van der Waals surface area contributed by atoms with Gasteiger partial charge in [-0.15, -0.1) is 0 Å². The number of carbonyl (C=O) groups is 1. The van der Waals surface area contributed by atoms with E-state index in [1.807, 2.05) is 0 Å². The van der Waals surface area contributed by atoms with Crippen LogP contribution in [0.4, 0.5) is 4.39 Å². The Morgan fingerprint density at radius 1 is 1.39 bits per heavy atom. The first-order valence-corrected chi connectivity index (χ1v) is 6.47. The zero-order valence-electron chi connectivity index (χ0n) is 9.96. The lowest BCUT2D eigenvalue weighted by atomic mass is 9.91. The van der Waals surface area contributed by atoms with E-state index in [1.165, 1.54) is 12.1 Å². The molecule has 3 N–H and O–H groups in total. The Morgan fingerprint density at radius 2 is 2.11 bits per heavy atom. The number of amides is 1. The van der Waals surface area contributed by atoms with Crippen LogP contribution in [0.3, 0.4) is 0 Å². The van der Waals surface area contributed by atoms with Gasteiger partial charge >= 0.3 is 0 Å². The molecule has 1 amide bonds. The molecule has 1 aliphatic carbocycles. The fourth-order valence-electron chi connectivity index (χ4n) is 2.26. The zero-order valence-corrected chi connectivity index (χ0v) is 10.7. The number of hydrogen-bond donors (Lipinski definition) is 2.